The van der Waals surface area contributed by atoms with Crippen molar-refractivity contribution >= 4 is 11.4 Å². The molecule has 108 valence electrons. The van der Waals surface area contributed by atoms with E-state index in [-0.39, 0.29) is 23.1 Å². The lowest BCUT2D eigenvalue weighted by molar-refractivity contribution is -0.121. The summed E-state index contributed by atoms with van der Waals surface area (Å²) >= 11 is 0. The molecule has 21 heavy (non-hydrogen) atoms. The molecular weight excluding hydrogens is 280 g/mol. The van der Waals surface area contributed by atoms with E-state index in [2.05, 4.69) is 0 Å². The number of nitriles is 1. The molecule has 0 bridgehead atoms. The number of phenols is 1. The number of benzene rings is 1. The summed E-state index contributed by atoms with van der Waals surface area (Å²) in [4.78, 5) is 12.2. The van der Waals surface area contributed by atoms with Gasteiger partial charge in [0, 0.05) is 5.57 Å². The van der Waals surface area contributed by atoms with Crippen LogP contribution in [0.1, 0.15) is 24.8 Å². The largest absolute Gasteiger partial charge is 0.503 e. The van der Waals surface area contributed by atoms with E-state index in [1.54, 1.807) is 6.07 Å². The number of allylic oxidation sites excluding steroid dienone is 1. The van der Waals surface area contributed by atoms with Crippen molar-refractivity contribution in [2.24, 2.45) is 5.92 Å². The van der Waals surface area contributed by atoms with E-state index < -0.39 is 34.7 Å². The molecule has 0 aromatic heterocycles. The molecule has 6 heteroatoms. The Labute approximate surface area is 118 Å². The van der Waals surface area contributed by atoms with Crippen LogP contribution in [-0.4, -0.2) is 21.6 Å². The average molecular weight is 291 g/mol. The zero-order valence-corrected chi connectivity index (χ0v) is 10.9. The van der Waals surface area contributed by atoms with Crippen LogP contribution in [0, 0.1) is 28.9 Å². The highest BCUT2D eigenvalue weighted by Gasteiger charge is 2.55. The predicted molar refractivity (Wildman–Crippen MR) is 67.9 cm³/mol. The topological polar surface area (TPSA) is 81.3 Å². The lowest BCUT2D eigenvalue weighted by Crippen LogP contribution is -2.33. The molecule has 0 saturated heterocycles. The molecule has 2 aliphatic carbocycles. The number of aliphatic hydroxyl groups is 1. The van der Waals surface area contributed by atoms with Crippen LogP contribution in [0.4, 0.5) is 8.78 Å². The summed E-state index contributed by atoms with van der Waals surface area (Å²) < 4.78 is 27.1. The van der Waals surface area contributed by atoms with E-state index in [4.69, 9.17) is 10.4 Å². The second-order valence-corrected chi connectivity index (χ2v) is 5.38. The maximum absolute atomic E-state index is 13.5. The van der Waals surface area contributed by atoms with Crippen LogP contribution in [0.5, 0.6) is 5.75 Å². The molecule has 1 fully saturated rings. The summed E-state index contributed by atoms with van der Waals surface area (Å²) in [5.41, 5.74) is -1.93. The molecule has 2 aliphatic rings. The maximum atomic E-state index is 13.5. The Bertz CT molecular complexity index is 712. The van der Waals surface area contributed by atoms with Crippen LogP contribution < -0.4 is 0 Å². The lowest BCUT2D eigenvalue weighted by atomic mass is 9.85. The van der Waals surface area contributed by atoms with Gasteiger partial charge in [0.05, 0.1) is 5.92 Å². The van der Waals surface area contributed by atoms with Crippen molar-refractivity contribution in [3.05, 3.63) is 34.9 Å². The zero-order chi connectivity index (χ0) is 15.4. The van der Waals surface area contributed by atoms with Crippen molar-refractivity contribution in [3.8, 4) is 11.8 Å². The van der Waals surface area contributed by atoms with Gasteiger partial charge in [0.15, 0.2) is 23.2 Å². The third kappa shape index (κ3) is 1.71. The number of ketones is 1. The van der Waals surface area contributed by atoms with Crippen molar-refractivity contribution in [1.82, 2.24) is 0 Å². The van der Waals surface area contributed by atoms with Gasteiger partial charge >= 0.3 is 0 Å². The number of phenolic OH excluding ortho intramolecular Hbond substituents is 1. The first-order chi connectivity index (χ1) is 9.90. The van der Waals surface area contributed by atoms with Crippen LogP contribution in [0.25, 0.3) is 5.57 Å². The number of rotatable bonds is 1. The van der Waals surface area contributed by atoms with E-state index in [0.29, 0.717) is 12.8 Å². The Balaban J connectivity index is 2.26. The molecule has 0 radical (unpaired) electrons. The molecule has 1 saturated carbocycles. The molecule has 0 heterocycles. The molecule has 0 aliphatic heterocycles. The van der Waals surface area contributed by atoms with Gasteiger partial charge in [0.25, 0.3) is 0 Å². The van der Waals surface area contributed by atoms with Gasteiger partial charge in [0.1, 0.15) is 17.2 Å². The standard InChI is InChI=1S/C15H11F2NO3/c16-10-4-7(5-11(17)14(10)20)12-8(6-18)13(19)9-2-1-3-15(9,12)21/h4-5,9,20-21H,1-3H2. The fourth-order valence-corrected chi connectivity index (χ4v) is 3.36. The Morgan fingerprint density at radius 2 is 1.95 bits per heavy atom. The van der Waals surface area contributed by atoms with Crippen molar-refractivity contribution in [2.75, 3.05) is 0 Å². The number of fused-ring (bicyclic) bond motifs is 1. The van der Waals surface area contributed by atoms with Crippen LogP contribution in [-0.2, 0) is 4.79 Å². The predicted octanol–water partition coefficient (Wildman–Crippen LogP) is 2.06. The van der Waals surface area contributed by atoms with Gasteiger partial charge < -0.3 is 10.2 Å². The first-order valence-corrected chi connectivity index (χ1v) is 6.50. The molecule has 1 aromatic rings. The van der Waals surface area contributed by atoms with Crippen molar-refractivity contribution < 1.29 is 23.8 Å². The highest BCUT2D eigenvalue weighted by Crippen LogP contribution is 2.52. The highest BCUT2D eigenvalue weighted by atomic mass is 19.1. The SMILES string of the molecule is N#CC1=C(c2cc(F)c(O)c(F)c2)C2(O)CCCC2C1=O. The molecule has 2 N–H and O–H groups in total. The molecule has 4 nitrogen and oxygen atoms in total. The number of halogens is 2. The summed E-state index contributed by atoms with van der Waals surface area (Å²) in [5, 5.41) is 29.0. The van der Waals surface area contributed by atoms with Gasteiger partial charge in [-0.1, -0.05) is 0 Å². The molecule has 2 unspecified atom stereocenters. The van der Waals surface area contributed by atoms with Gasteiger partial charge in [-0.2, -0.15) is 5.26 Å². The Hall–Kier alpha value is -2.26. The molecule has 0 amide bonds. The van der Waals surface area contributed by atoms with Gasteiger partial charge in [-0.05, 0) is 37.0 Å². The minimum absolute atomic E-state index is 0.0321. The molecule has 0 spiro atoms. The smallest absolute Gasteiger partial charge is 0.187 e. The Morgan fingerprint density at radius 1 is 1.33 bits per heavy atom. The number of hydrogen-bond acceptors (Lipinski definition) is 4. The lowest BCUT2D eigenvalue weighted by Gasteiger charge is -2.25. The number of hydrogen-bond donors (Lipinski definition) is 2. The van der Waals surface area contributed by atoms with Crippen LogP contribution in [0.3, 0.4) is 0 Å². The fraction of sp³-hybridized carbons (Fsp3) is 0.333. The van der Waals surface area contributed by atoms with E-state index in [1.807, 2.05) is 0 Å². The third-order valence-electron chi connectivity index (χ3n) is 4.29. The number of carbonyl (C=O) groups is 1. The first-order valence-electron chi connectivity index (χ1n) is 6.50. The third-order valence-corrected chi connectivity index (χ3v) is 4.29. The number of aromatic hydroxyl groups is 1. The maximum Gasteiger partial charge on any atom is 0.187 e. The van der Waals surface area contributed by atoms with Crippen molar-refractivity contribution in [1.29, 1.82) is 5.26 Å². The number of carbonyl (C=O) groups excluding carboxylic acids is 1. The van der Waals surface area contributed by atoms with E-state index in [0.717, 1.165) is 12.1 Å². The summed E-state index contributed by atoms with van der Waals surface area (Å²) in [7, 11) is 0. The summed E-state index contributed by atoms with van der Waals surface area (Å²) in [6.07, 6.45) is 1.29. The van der Waals surface area contributed by atoms with Gasteiger partial charge in [-0.15, -0.1) is 0 Å². The second kappa shape index (κ2) is 4.37. The second-order valence-electron chi connectivity index (χ2n) is 5.38. The summed E-state index contributed by atoms with van der Waals surface area (Å²) in [6.45, 7) is 0. The van der Waals surface area contributed by atoms with E-state index in [9.17, 15) is 18.7 Å². The Kier molecular flexibility index (Phi) is 2.85. The van der Waals surface area contributed by atoms with Crippen LogP contribution >= 0.6 is 0 Å². The minimum Gasteiger partial charge on any atom is -0.503 e. The minimum atomic E-state index is -1.56. The normalized spacial score (nSPS) is 27.9. The Morgan fingerprint density at radius 3 is 2.52 bits per heavy atom. The quantitative estimate of drug-likeness (QED) is 0.830. The zero-order valence-electron chi connectivity index (χ0n) is 10.9. The van der Waals surface area contributed by atoms with E-state index >= 15 is 0 Å². The highest BCUT2D eigenvalue weighted by molar-refractivity contribution is 6.15. The molecular formula is C15H11F2NO3. The van der Waals surface area contributed by atoms with Crippen LogP contribution in [0.15, 0.2) is 17.7 Å². The fourth-order valence-electron chi connectivity index (χ4n) is 3.36. The molecule has 3 rings (SSSR count). The van der Waals surface area contributed by atoms with Crippen molar-refractivity contribution in [2.45, 2.75) is 24.9 Å². The summed E-state index contributed by atoms with van der Waals surface area (Å²) in [5.74, 6) is -4.75. The van der Waals surface area contributed by atoms with Gasteiger partial charge in [-0.3, -0.25) is 4.79 Å². The summed E-state index contributed by atoms with van der Waals surface area (Å²) in [6, 6.07) is 3.39. The number of Topliss-reactive ketones (excluding diaryl/α,β-unsaturated/α-hetero) is 1. The first kappa shape index (κ1) is 13.7. The van der Waals surface area contributed by atoms with E-state index in [1.165, 1.54) is 0 Å². The van der Waals surface area contributed by atoms with Gasteiger partial charge in [0.2, 0.25) is 0 Å². The molecule has 1 aromatic carbocycles. The molecule has 2 atom stereocenters. The average Bonchev–Trinajstić information content (AvgIpc) is 2.91. The van der Waals surface area contributed by atoms with Gasteiger partial charge in [-0.25, -0.2) is 8.78 Å². The number of nitrogens with zero attached hydrogens (tertiary/aromatic N) is 1. The van der Waals surface area contributed by atoms with Crippen molar-refractivity contribution in [3.63, 3.8) is 0 Å². The van der Waals surface area contributed by atoms with Crippen LogP contribution in [0.2, 0.25) is 0 Å². The monoisotopic (exact) mass is 291 g/mol.